The number of hydrogen-bond acceptors (Lipinski definition) is 6. The average Bonchev–Trinajstić information content (AvgIpc) is 3.41. The fraction of sp³-hybridized carbons (Fsp3) is 0.333. The zero-order valence-corrected chi connectivity index (χ0v) is 20.0. The average molecular weight is 490 g/mol. The Morgan fingerprint density at radius 2 is 1.72 bits per heavy atom. The van der Waals surface area contributed by atoms with Crippen LogP contribution >= 0.6 is 0 Å². The second-order valence-corrected chi connectivity index (χ2v) is 9.04. The van der Waals surface area contributed by atoms with Gasteiger partial charge in [0.2, 0.25) is 5.91 Å². The van der Waals surface area contributed by atoms with E-state index in [-0.39, 0.29) is 18.9 Å². The van der Waals surface area contributed by atoms with Gasteiger partial charge in [-0.05, 0) is 28.7 Å². The van der Waals surface area contributed by atoms with Crippen LogP contribution in [-0.4, -0.2) is 40.2 Å². The van der Waals surface area contributed by atoms with Crippen LogP contribution in [-0.2, 0) is 25.5 Å². The van der Waals surface area contributed by atoms with Crippen molar-refractivity contribution in [2.24, 2.45) is 0 Å². The van der Waals surface area contributed by atoms with E-state index in [0.717, 1.165) is 22.3 Å². The molecule has 1 fully saturated rings. The minimum Gasteiger partial charge on any atom is -0.460 e. The summed E-state index contributed by atoms with van der Waals surface area (Å²) in [5.41, 5.74) is 3.34. The number of aromatic amines is 1. The predicted octanol–water partition coefficient (Wildman–Crippen LogP) is 2.25. The van der Waals surface area contributed by atoms with Crippen LogP contribution in [0.15, 0.2) is 64.3 Å². The van der Waals surface area contributed by atoms with E-state index in [1.54, 1.807) is 0 Å². The monoisotopic (exact) mass is 489 g/mol. The van der Waals surface area contributed by atoms with Crippen LogP contribution < -0.4 is 16.6 Å². The number of fused-ring (bicyclic) bond motifs is 3. The van der Waals surface area contributed by atoms with Crippen molar-refractivity contribution >= 4 is 11.9 Å². The molecule has 186 valence electrons. The minimum absolute atomic E-state index is 0.0901. The highest BCUT2D eigenvalue weighted by molar-refractivity contribution is 5.96. The summed E-state index contributed by atoms with van der Waals surface area (Å²) in [6.07, 6.45) is 0.0470. The highest BCUT2D eigenvalue weighted by Gasteiger charge is 2.40. The zero-order chi connectivity index (χ0) is 25.4. The Kier molecular flexibility index (Phi) is 6.32. The van der Waals surface area contributed by atoms with Gasteiger partial charge in [0.15, 0.2) is 0 Å². The van der Waals surface area contributed by atoms with Crippen molar-refractivity contribution in [2.45, 2.75) is 51.0 Å². The summed E-state index contributed by atoms with van der Waals surface area (Å²) >= 11 is 0. The van der Waals surface area contributed by atoms with Crippen LogP contribution in [0.25, 0.3) is 11.1 Å². The Labute approximate surface area is 207 Å². The first-order valence-corrected chi connectivity index (χ1v) is 12.0. The van der Waals surface area contributed by atoms with E-state index in [2.05, 4.69) is 10.3 Å². The molecule has 0 bridgehead atoms. The van der Waals surface area contributed by atoms with Crippen LogP contribution in [0.5, 0.6) is 0 Å². The number of aryl methyl sites for hydroxylation is 1. The van der Waals surface area contributed by atoms with Gasteiger partial charge in [0, 0.05) is 31.6 Å². The van der Waals surface area contributed by atoms with Gasteiger partial charge in [-0.1, -0.05) is 55.5 Å². The van der Waals surface area contributed by atoms with Crippen molar-refractivity contribution in [1.29, 1.82) is 0 Å². The van der Waals surface area contributed by atoms with E-state index in [1.807, 2.05) is 55.5 Å². The third-order valence-electron chi connectivity index (χ3n) is 6.80. The molecular weight excluding hydrogens is 462 g/mol. The lowest BCUT2D eigenvalue weighted by Crippen LogP contribution is -2.40. The van der Waals surface area contributed by atoms with Gasteiger partial charge >= 0.3 is 11.7 Å². The lowest BCUT2D eigenvalue weighted by molar-refractivity contribution is -0.149. The van der Waals surface area contributed by atoms with Crippen LogP contribution in [0, 0.1) is 0 Å². The number of aromatic nitrogens is 2. The number of benzene rings is 2. The van der Waals surface area contributed by atoms with Crippen LogP contribution in [0.2, 0.25) is 0 Å². The van der Waals surface area contributed by atoms with Crippen molar-refractivity contribution in [3.8, 4) is 11.1 Å². The van der Waals surface area contributed by atoms with Crippen LogP contribution in [0.1, 0.15) is 49.1 Å². The topological polar surface area (TPSA) is 119 Å². The Balaban J connectivity index is 1.36. The lowest BCUT2D eigenvalue weighted by atomic mass is 9.96. The lowest BCUT2D eigenvalue weighted by Gasteiger charge is -2.21. The third-order valence-corrected chi connectivity index (χ3v) is 6.80. The molecule has 0 unspecified atom stereocenters. The van der Waals surface area contributed by atoms with E-state index >= 15 is 0 Å². The molecule has 9 heteroatoms. The molecule has 3 aromatic rings. The maximum absolute atomic E-state index is 13.4. The molecule has 5 rings (SSSR count). The first-order chi connectivity index (χ1) is 17.4. The Morgan fingerprint density at radius 3 is 2.33 bits per heavy atom. The fourth-order valence-electron chi connectivity index (χ4n) is 5.13. The molecule has 0 radical (unpaired) electrons. The fourth-order valence-corrected chi connectivity index (χ4v) is 5.13. The second-order valence-electron chi connectivity index (χ2n) is 9.04. The van der Waals surface area contributed by atoms with Gasteiger partial charge < -0.3 is 14.8 Å². The van der Waals surface area contributed by atoms with Crippen LogP contribution in [0.3, 0.4) is 0 Å². The molecule has 9 nitrogen and oxygen atoms in total. The second kappa shape index (κ2) is 9.58. The van der Waals surface area contributed by atoms with Crippen molar-refractivity contribution in [1.82, 2.24) is 14.9 Å². The Morgan fingerprint density at radius 1 is 1.08 bits per heavy atom. The van der Waals surface area contributed by atoms with Gasteiger partial charge in [-0.2, -0.15) is 0 Å². The third kappa shape index (κ3) is 4.26. The smallest absolute Gasteiger partial charge is 0.330 e. The van der Waals surface area contributed by atoms with Gasteiger partial charge in [-0.15, -0.1) is 0 Å². The van der Waals surface area contributed by atoms with Gasteiger partial charge in [0.05, 0.1) is 5.92 Å². The molecule has 0 spiro atoms. The summed E-state index contributed by atoms with van der Waals surface area (Å²) < 4.78 is 12.9. The van der Waals surface area contributed by atoms with Gasteiger partial charge in [-0.3, -0.25) is 23.9 Å². The highest BCUT2D eigenvalue weighted by Crippen LogP contribution is 2.44. The maximum atomic E-state index is 13.4. The molecule has 1 amide bonds. The molecule has 1 aromatic heterocycles. The summed E-state index contributed by atoms with van der Waals surface area (Å²) in [5, 5.41) is 2.97. The number of nitrogens with zero attached hydrogens (tertiary/aromatic N) is 1. The molecule has 2 N–H and O–H groups in total. The number of carbonyl (C=O) groups is 2. The molecule has 0 saturated carbocycles. The molecule has 1 aliphatic heterocycles. The Hall–Kier alpha value is -3.98. The summed E-state index contributed by atoms with van der Waals surface area (Å²) in [6.45, 7) is 3.21. The van der Waals surface area contributed by atoms with E-state index in [0.29, 0.717) is 12.0 Å². The molecule has 36 heavy (non-hydrogen) atoms. The summed E-state index contributed by atoms with van der Waals surface area (Å²) in [6, 6.07) is 15.7. The maximum Gasteiger partial charge on any atom is 0.330 e. The van der Waals surface area contributed by atoms with E-state index in [1.165, 1.54) is 17.7 Å². The number of amides is 1. The highest BCUT2D eigenvalue weighted by atomic mass is 16.6. The number of carbonyl (C=O) groups excluding carboxylic acids is 2. The molecule has 2 heterocycles. The molecular formula is C27H27N3O6. The van der Waals surface area contributed by atoms with E-state index in [9.17, 15) is 19.2 Å². The zero-order valence-electron chi connectivity index (χ0n) is 20.0. The first-order valence-electron chi connectivity index (χ1n) is 12.0. The minimum atomic E-state index is -0.751. The van der Waals surface area contributed by atoms with Gasteiger partial charge in [-0.25, -0.2) is 4.79 Å². The number of hydrogen-bond donors (Lipinski definition) is 2. The van der Waals surface area contributed by atoms with Crippen molar-refractivity contribution < 1.29 is 19.1 Å². The Bertz CT molecular complexity index is 1400. The molecule has 2 aromatic carbocycles. The predicted molar refractivity (Wildman–Crippen MR) is 132 cm³/mol. The summed E-state index contributed by atoms with van der Waals surface area (Å²) in [5.74, 6) is -1.13. The standard InChI is InChI=1S/C27H27N3O6/c1-3-16-14-30(27(34)29-25(16)32)23-12-21(35-15(2)31)22(36-23)13-28-26(33)24-19-10-6-4-8-17(19)18-9-5-7-11-20(18)24/h4-11,14,21-24H,3,12-13H2,1-2H3,(H,28,33)(H,29,32,34)/t21-,22+,23+/m0/s1. The largest absolute Gasteiger partial charge is 0.460 e. The normalized spacial score (nSPS) is 20.6. The number of rotatable bonds is 6. The van der Waals surface area contributed by atoms with E-state index in [4.69, 9.17) is 9.47 Å². The quantitative estimate of drug-likeness (QED) is 0.513. The number of esters is 1. The summed E-state index contributed by atoms with van der Waals surface area (Å²) in [7, 11) is 0. The van der Waals surface area contributed by atoms with Crippen molar-refractivity contribution in [3.05, 3.63) is 92.3 Å². The molecule has 2 aliphatic rings. The van der Waals surface area contributed by atoms with E-state index < -0.39 is 41.6 Å². The van der Waals surface area contributed by atoms with Crippen molar-refractivity contribution in [2.75, 3.05) is 6.54 Å². The van der Waals surface area contributed by atoms with Crippen molar-refractivity contribution in [3.63, 3.8) is 0 Å². The number of ether oxygens (including phenoxy) is 2. The van der Waals surface area contributed by atoms with Crippen LogP contribution in [0.4, 0.5) is 0 Å². The summed E-state index contributed by atoms with van der Waals surface area (Å²) in [4.78, 5) is 51.9. The van der Waals surface area contributed by atoms with Gasteiger partial charge in [0.1, 0.15) is 18.4 Å². The van der Waals surface area contributed by atoms with Gasteiger partial charge in [0.25, 0.3) is 5.56 Å². The molecule has 3 atom stereocenters. The number of H-pyrrole nitrogens is 1. The SMILES string of the molecule is CCc1cn([C@H]2C[C@H](OC(C)=O)[C@@H](CNC(=O)C3c4ccccc4-c4ccccc43)O2)c(=O)[nH]c1=O. The first kappa shape index (κ1) is 23.7. The number of nitrogens with one attached hydrogen (secondary N) is 2. The molecule has 1 aliphatic carbocycles. The molecule has 1 saturated heterocycles.